The molecule has 0 bridgehead atoms. The van der Waals surface area contributed by atoms with Crippen molar-refractivity contribution in [1.82, 2.24) is 0 Å². The number of fused-ring (bicyclic) bond motifs is 4. The minimum atomic E-state index is -0.0409. The molecule has 0 aliphatic rings. The van der Waals surface area contributed by atoms with Crippen LogP contribution in [-0.4, -0.2) is 0 Å². The minimum absolute atomic E-state index is 0.0409. The van der Waals surface area contributed by atoms with Gasteiger partial charge >= 0.3 is 0 Å². The molecule has 0 N–H and O–H groups in total. The molecular formula is C48H50. The van der Waals surface area contributed by atoms with Crippen LogP contribution in [0.15, 0.2) is 109 Å². The summed E-state index contributed by atoms with van der Waals surface area (Å²) in [7, 11) is 0. The fourth-order valence-corrected chi connectivity index (χ4v) is 7.81. The maximum absolute atomic E-state index is 2.47. The fraction of sp³-hybridized carbons (Fsp3) is 0.292. The highest BCUT2D eigenvalue weighted by Gasteiger charge is 2.28. The van der Waals surface area contributed by atoms with Crippen LogP contribution >= 0.6 is 0 Å². The molecule has 7 aromatic carbocycles. The van der Waals surface area contributed by atoms with E-state index in [1.165, 1.54) is 87.6 Å². The van der Waals surface area contributed by atoms with E-state index < -0.39 is 0 Å². The molecule has 0 fully saturated rings. The van der Waals surface area contributed by atoms with E-state index >= 15 is 0 Å². The molecule has 0 heterocycles. The van der Waals surface area contributed by atoms with E-state index in [0.29, 0.717) is 11.8 Å². The van der Waals surface area contributed by atoms with E-state index in [1.54, 1.807) is 0 Å². The largest absolute Gasteiger partial charge is 0.0587 e. The Hall–Kier alpha value is -4.42. The van der Waals surface area contributed by atoms with E-state index in [2.05, 4.69) is 178 Å². The Balaban J connectivity index is 1.44. The first-order chi connectivity index (χ1) is 22.7. The monoisotopic (exact) mass is 626 g/mol. The van der Waals surface area contributed by atoms with Gasteiger partial charge < -0.3 is 0 Å². The average molecular weight is 627 g/mol. The van der Waals surface area contributed by atoms with Gasteiger partial charge in [0.15, 0.2) is 0 Å². The molecule has 0 aromatic heterocycles. The predicted octanol–water partition coefficient (Wildman–Crippen LogP) is 14.5. The van der Waals surface area contributed by atoms with E-state index in [-0.39, 0.29) is 10.8 Å². The number of hydrogen-bond donors (Lipinski definition) is 0. The second kappa shape index (κ2) is 11.6. The minimum Gasteiger partial charge on any atom is -0.0587 e. The molecular weight excluding hydrogens is 577 g/mol. The number of hydrogen-bond acceptors (Lipinski definition) is 0. The Morgan fingerprint density at radius 2 is 0.646 bits per heavy atom. The van der Waals surface area contributed by atoms with Crippen molar-refractivity contribution in [2.45, 2.75) is 91.9 Å². The lowest BCUT2D eigenvalue weighted by Gasteiger charge is -2.31. The Morgan fingerprint density at radius 1 is 0.333 bits per heavy atom. The van der Waals surface area contributed by atoms with Gasteiger partial charge in [-0.15, -0.1) is 0 Å². The van der Waals surface area contributed by atoms with Crippen molar-refractivity contribution in [3.05, 3.63) is 131 Å². The van der Waals surface area contributed by atoms with Gasteiger partial charge in [-0.1, -0.05) is 154 Å². The molecule has 7 aromatic rings. The van der Waals surface area contributed by atoms with Crippen LogP contribution in [0, 0.1) is 0 Å². The molecule has 242 valence electrons. The summed E-state index contributed by atoms with van der Waals surface area (Å²) in [5.74, 6) is 1.05. The zero-order valence-corrected chi connectivity index (χ0v) is 30.5. The first kappa shape index (κ1) is 32.1. The van der Waals surface area contributed by atoms with Gasteiger partial charge in [0.25, 0.3) is 0 Å². The summed E-state index contributed by atoms with van der Waals surface area (Å²) in [5.41, 5.74) is 10.6. The lowest BCUT2D eigenvalue weighted by Crippen LogP contribution is -2.17. The standard InChI is InChI=1S/C48H50/c1-29(2)31-11-13-35-25-37(17-15-33(35)23-31)39-19-21-41-43(27-39)45(47(5,6)7)42-22-20-40(28-44(42)46(41)48(8,9)10)38-18-16-34-24-32(30(3)4)12-14-36(34)26-38/h11-30H,1-10H3. The SMILES string of the molecule is CC(C)c1ccc2cc(-c3ccc4c(C(C)(C)C)c5cc(-c6ccc7cc(C(C)C)ccc7c6)ccc5c(C(C)(C)C)c4c3)ccc2c1. The van der Waals surface area contributed by atoms with Gasteiger partial charge in [0.2, 0.25) is 0 Å². The van der Waals surface area contributed by atoms with Gasteiger partial charge in [-0.3, -0.25) is 0 Å². The van der Waals surface area contributed by atoms with Gasteiger partial charge in [0, 0.05) is 0 Å². The quantitative estimate of drug-likeness (QED) is 0.171. The predicted molar refractivity (Wildman–Crippen MR) is 213 cm³/mol. The molecule has 48 heavy (non-hydrogen) atoms. The highest BCUT2D eigenvalue weighted by atomic mass is 14.3. The van der Waals surface area contributed by atoms with Crippen molar-refractivity contribution in [3.8, 4) is 22.3 Å². The van der Waals surface area contributed by atoms with Gasteiger partial charge in [-0.25, -0.2) is 0 Å². The van der Waals surface area contributed by atoms with Crippen molar-refractivity contribution in [2.24, 2.45) is 0 Å². The zero-order valence-electron chi connectivity index (χ0n) is 30.5. The smallest absolute Gasteiger partial charge is 0.0120 e. The third-order valence-electron chi connectivity index (χ3n) is 10.3. The Labute approximate surface area is 287 Å². The van der Waals surface area contributed by atoms with Crippen LogP contribution in [-0.2, 0) is 10.8 Å². The number of rotatable bonds is 4. The fourth-order valence-electron chi connectivity index (χ4n) is 7.81. The van der Waals surface area contributed by atoms with Gasteiger partial charge in [0.05, 0.1) is 0 Å². The summed E-state index contributed by atoms with van der Waals surface area (Å²) in [6.45, 7) is 23.3. The zero-order chi connectivity index (χ0) is 34.1. The molecule has 7 rings (SSSR count). The van der Waals surface area contributed by atoms with Gasteiger partial charge in [0.1, 0.15) is 0 Å². The van der Waals surface area contributed by atoms with Crippen LogP contribution in [0.4, 0.5) is 0 Å². The summed E-state index contributed by atoms with van der Waals surface area (Å²) < 4.78 is 0. The first-order valence-corrected chi connectivity index (χ1v) is 17.8. The average Bonchev–Trinajstić information content (AvgIpc) is 3.04. The Bertz CT molecular complexity index is 2180. The van der Waals surface area contributed by atoms with Crippen LogP contribution in [0.1, 0.15) is 103 Å². The molecule has 0 saturated carbocycles. The molecule has 0 unspecified atom stereocenters. The number of benzene rings is 7. The third-order valence-corrected chi connectivity index (χ3v) is 10.3. The van der Waals surface area contributed by atoms with Crippen molar-refractivity contribution >= 4 is 43.1 Å². The molecule has 0 heteroatoms. The molecule has 0 nitrogen and oxygen atoms in total. The van der Waals surface area contributed by atoms with Crippen LogP contribution in [0.25, 0.3) is 65.3 Å². The normalized spacial score (nSPS) is 12.8. The first-order valence-electron chi connectivity index (χ1n) is 17.8. The van der Waals surface area contributed by atoms with Gasteiger partial charge in [-0.2, -0.15) is 0 Å². The third kappa shape index (κ3) is 5.70. The topological polar surface area (TPSA) is 0 Å². The van der Waals surface area contributed by atoms with Crippen LogP contribution in [0.5, 0.6) is 0 Å². The van der Waals surface area contributed by atoms with Crippen molar-refractivity contribution in [3.63, 3.8) is 0 Å². The molecule has 0 saturated heterocycles. The van der Waals surface area contributed by atoms with Crippen molar-refractivity contribution in [1.29, 1.82) is 0 Å². The summed E-state index contributed by atoms with van der Waals surface area (Å²) in [5, 5.41) is 10.7. The van der Waals surface area contributed by atoms with E-state index in [1.807, 2.05) is 0 Å². The molecule has 0 amide bonds. The maximum atomic E-state index is 2.47. The van der Waals surface area contributed by atoms with Gasteiger partial charge in [-0.05, 0) is 135 Å². The van der Waals surface area contributed by atoms with E-state index in [9.17, 15) is 0 Å². The van der Waals surface area contributed by atoms with Crippen LogP contribution in [0.2, 0.25) is 0 Å². The van der Waals surface area contributed by atoms with E-state index in [0.717, 1.165) is 0 Å². The molecule has 0 aliphatic heterocycles. The summed E-state index contributed by atoms with van der Waals surface area (Å²) in [6, 6.07) is 42.2. The maximum Gasteiger partial charge on any atom is -0.0120 e. The van der Waals surface area contributed by atoms with Crippen molar-refractivity contribution < 1.29 is 0 Å². The molecule has 0 radical (unpaired) electrons. The lowest BCUT2D eigenvalue weighted by atomic mass is 9.73. The Morgan fingerprint density at radius 3 is 1.00 bits per heavy atom. The second-order valence-electron chi connectivity index (χ2n) is 16.7. The highest BCUT2D eigenvalue weighted by molar-refractivity contribution is 6.09. The Kier molecular flexibility index (Phi) is 7.78. The molecule has 0 atom stereocenters. The summed E-state index contributed by atoms with van der Waals surface area (Å²) >= 11 is 0. The van der Waals surface area contributed by atoms with Crippen LogP contribution < -0.4 is 0 Å². The van der Waals surface area contributed by atoms with E-state index in [4.69, 9.17) is 0 Å². The summed E-state index contributed by atoms with van der Waals surface area (Å²) in [6.07, 6.45) is 0. The second-order valence-corrected chi connectivity index (χ2v) is 16.7. The summed E-state index contributed by atoms with van der Waals surface area (Å²) in [4.78, 5) is 0. The van der Waals surface area contributed by atoms with Crippen LogP contribution in [0.3, 0.4) is 0 Å². The highest BCUT2D eigenvalue weighted by Crippen LogP contribution is 2.46. The molecule has 0 spiro atoms. The lowest BCUT2D eigenvalue weighted by molar-refractivity contribution is 0.593. The molecule has 0 aliphatic carbocycles. The van der Waals surface area contributed by atoms with Crippen molar-refractivity contribution in [2.75, 3.05) is 0 Å².